The van der Waals surface area contributed by atoms with Crippen molar-refractivity contribution in [3.05, 3.63) is 90.0 Å². The Morgan fingerprint density at radius 2 is 1.45 bits per heavy atom. The van der Waals surface area contributed by atoms with Gasteiger partial charge in [0.2, 0.25) is 0 Å². The summed E-state index contributed by atoms with van der Waals surface area (Å²) < 4.78 is 0. The van der Waals surface area contributed by atoms with Crippen molar-refractivity contribution in [1.82, 2.24) is 0 Å². The number of nitrogen functional groups attached to an aromatic ring is 2. The van der Waals surface area contributed by atoms with Crippen molar-refractivity contribution in [3.8, 4) is 0 Å². The van der Waals surface area contributed by atoms with Crippen LogP contribution in [0.5, 0.6) is 0 Å². The first kappa shape index (κ1) is 23.1. The topological polar surface area (TPSA) is 125 Å². The lowest BCUT2D eigenvalue weighted by molar-refractivity contribution is -0.129. The Balaban J connectivity index is 0.000000257. The van der Waals surface area contributed by atoms with Crippen LogP contribution in [0.3, 0.4) is 0 Å². The molecule has 168 valence electrons. The number of para-hydroxylation sites is 1. The molecule has 5 N–H and O–H groups in total. The van der Waals surface area contributed by atoms with E-state index in [1.54, 1.807) is 54.6 Å². The zero-order chi connectivity index (χ0) is 24.0. The second-order valence-electron chi connectivity index (χ2n) is 7.42. The molecular weight excluding hydrogens is 418 g/mol. The number of anilines is 4. The van der Waals surface area contributed by atoms with Gasteiger partial charge in [0.25, 0.3) is 5.91 Å². The number of hydrazone groups is 1. The number of carbonyl (C=O) groups excluding carboxylic acids is 1. The van der Waals surface area contributed by atoms with Crippen LogP contribution in [0.15, 0.2) is 89.5 Å². The number of rotatable bonds is 4. The highest BCUT2D eigenvalue weighted by atomic mass is 16.4. The number of amides is 1. The van der Waals surface area contributed by atoms with E-state index in [1.807, 2.05) is 43.3 Å². The number of carboxylic acids is 1. The molecule has 0 unspecified atom stereocenters. The summed E-state index contributed by atoms with van der Waals surface area (Å²) in [6.07, 6.45) is 1.50. The van der Waals surface area contributed by atoms with E-state index < -0.39 is 11.9 Å². The molecule has 0 atom stereocenters. The number of aliphatic carboxylic acids is 1. The van der Waals surface area contributed by atoms with E-state index in [1.165, 1.54) is 11.8 Å². The van der Waals surface area contributed by atoms with Gasteiger partial charge >= 0.3 is 5.97 Å². The molecule has 8 heteroatoms. The van der Waals surface area contributed by atoms with Crippen LogP contribution in [-0.2, 0) is 9.59 Å². The zero-order valence-corrected chi connectivity index (χ0v) is 18.3. The standard InChI is InChI=1S/C17H13N3O3.C8H12N2/c18-12-8-6-11(7-9-12)10-14-15(17(22)23)19-20(16(14)21)13-4-2-1-3-5-13;1-10(2)8-5-3-7(9)4-6-8/h1-10H,18H2,(H,22,23);3-6H,9H2,1-2H3/b14-10-;. The van der Waals surface area contributed by atoms with Gasteiger partial charge in [-0.15, -0.1) is 0 Å². The molecule has 1 aliphatic heterocycles. The van der Waals surface area contributed by atoms with Gasteiger partial charge in [-0.3, -0.25) is 4.79 Å². The lowest BCUT2D eigenvalue weighted by atomic mass is 10.1. The number of nitrogens with two attached hydrogens (primary N) is 2. The fourth-order valence-electron chi connectivity index (χ4n) is 2.98. The Morgan fingerprint density at radius 1 is 0.909 bits per heavy atom. The minimum Gasteiger partial charge on any atom is -0.476 e. The summed E-state index contributed by atoms with van der Waals surface area (Å²) in [5.74, 6) is -1.73. The Labute approximate surface area is 192 Å². The van der Waals surface area contributed by atoms with Gasteiger partial charge < -0.3 is 21.5 Å². The maximum absolute atomic E-state index is 12.5. The molecule has 0 radical (unpaired) electrons. The van der Waals surface area contributed by atoms with Crippen molar-refractivity contribution < 1.29 is 14.7 Å². The van der Waals surface area contributed by atoms with Crippen LogP contribution >= 0.6 is 0 Å². The Bertz CT molecular complexity index is 1180. The van der Waals surface area contributed by atoms with Crippen molar-refractivity contribution >= 4 is 46.4 Å². The fourth-order valence-corrected chi connectivity index (χ4v) is 2.98. The van der Waals surface area contributed by atoms with Crippen molar-refractivity contribution in [1.29, 1.82) is 0 Å². The molecule has 0 spiro atoms. The summed E-state index contributed by atoms with van der Waals surface area (Å²) in [6, 6.07) is 23.2. The first-order valence-corrected chi connectivity index (χ1v) is 10.1. The first-order chi connectivity index (χ1) is 15.8. The van der Waals surface area contributed by atoms with Crippen LogP contribution in [0, 0.1) is 0 Å². The van der Waals surface area contributed by atoms with Gasteiger partial charge in [-0.2, -0.15) is 10.1 Å². The molecule has 0 bridgehead atoms. The molecule has 33 heavy (non-hydrogen) atoms. The fraction of sp³-hybridized carbons (Fsp3) is 0.0800. The largest absolute Gasteiger partial charge is 0.476 e. The highest BCUT2D eigenvalue weighted by Crippen LogP contribution is 2.25. The smallest absolute Gasteiger partial charge is 0.357 e. The van der Waals surface area contributed by atoms with Crippen LogP contribution in [0.25, 0.3) is 6.08 Å². The first-order valence-electron chi connectivity index (χ1n) is 10.1. The summed E-state index contributed by atoms with van der Waals surface area (Å²) in [7, 11) is 4.01. The molecule has 1 heterocycles. The van der Waals surface area contributed by atoms with E-state index in [0.717, 1.165) is 10.7 Å². The van der Waals surface area contributed by atoms with Crippen molar-refractivity contribution in [2.75, 3.05) is 35.5 Å². The maximum Gasteiger partial charge on any atom is 0.357 e. The summed E-state index contributed by atoms with van der Waals surface area (Å²) >= 11 is 0. The molecule has 8 nitrogen and oxygen atoms in total. The van der Waals surface area contributed by atoms with Gasteiger partial charge in [-0.25, -0.2) is 4.79 Å². The molecule has 4 rings (SSSR count). The minimum atomic E-state index is -1.25. The van der Waals surface area contributed by atoms with Crippen molar-refractivity contribution in [2.45, 2.75) is 0 Å². The third kappa shape index (κ3) is 5.76. The van der Waals surface area contributed by atoms with Gasteiger partial charge in [0.15, 0.2) is 5.71 Å². The van der Waals surface area contributed by atoms with Crippen molar-refractivity contribution in [2.24, 2.45) is 5.10 Å². The summed E-state index contributed by atoms with van der Waals surface area (Å²) in [5, 5.41) is 14.3. The van der Waals surface area contributed by atoms with Gasteiger partial charge in [0.05, 0.1) is 11.3 Å². The number of nitrogens with zero attached hydrogens (tertiary/aromatic N) is 3. The third-order valence-corrected chi connectivity index (χ3v) is 4.74. The second kappa shape index (κ2) is 10.1. The predicted molar refractivity (Wildman–Crippen MR) is 133 cm³/mol. The van der Waals surface area contributed by atoms with E-state index in [2.05, 4.69) is 5.10 Å². The van der Waals surface area contributed by atoms with Crippen LogP contribution in [0.2, 0.25) is 0 Å². The highest BCUT2D eigenvalue weighted by Gasteiger charge is 2.34. The monoisotopic (exact) mass is 443 g/mol. The van der Waals surface area contributed by atoms with Gasteiger partial charge in [0.1, 0.15) is 0 Å². The van der Waals surface area contributed by atoms with Crippen LogP contribution in [0.1, 0.15) is 5.56 Å². The Kier molecular flexibility index (Phi) is 7.10. The SMILES string of the molecule is CN(C)c1ccc(N)cc1.Nc1ccc(/C=C2\C(=O)N(c3ccccc3)N=C2C(=O)O)cc1. The summed E-state index contributed by atoms with van der Waals surface area (Å²) in [6.45, 7) is 0. The van der Waals surface area contributed by atoms with Crippen LogP contribution in [-0.4, -0.2) is 36.8 Å². The zero-order valence-electron chi connectivity index (χ0n) is 18.3. The molecule has 0 fully saturated rings. The lowest BCUT2D eigenvalue weighted by Crippen LogP contribution is -2.22. The van der Waals surface area contributed by atoms with E-state index in [0.29, 0.717) is 16.9 Å². The average Bonchev–Trinajstić information content (AvgIpc) is 3.13. The molecule has 0 saturated heterocycles. The van der Waals surface area contributed by atoms with E-state index >= 15 is 0 Å². The third-order valence-electron chi connectivity index (χ3n) is 4.74. The van der Waals surface area contributed by atoms with Crippen LogP contribution < -0.4 is 21.4 Å². The molecule has 1 aliphatic rings. The molecule has 3 aromatic carbocycles. The number of benzene rings is 3. The summed E-state index contributed by atoms with van der Waals surface area (Å²) in [5.41, 5.74) is 14.6. The maximum atomic E-state index is 12.5. The molecular formula is C25H25N5O3. The number of hydrogen-bond acceptors (Lipinski definition) is 6. The molecule has 1 amide bonds. The minimum absolute atomic E-state index is 0.0334. The quantitative estimate of drug-likeness (QED) is 0.419. The molecule has 0 aromatic heterocycles. The normalized spacial score (nSPS) is 13.9. The summed E-state index contributed by atoms with van der Waals surface area (Å²) in [4.78, 5) is 26.0. The molecule has 0 aliphatic carbocycles. The van der Waals surface area contributed by atoms with E-state index in [9.17, 15) is 14.7 Å². The van der Waals surface area contributed by atoms with Crippen molar-refractivity contribution in [3.63, 3.8) is 0 Å². The number of carbonyl (C=O) groups is 2. The molecule has 3 aromatic rings. The van der Waals surface area contributed by atoms with E-state index in [4.69, 9.17) is 11.5 Å². The number of carboxylic acid groups (broad SMARTS) is 1. The molecule has 0 saturated carbocycles. The Morgan fingerprint density at radius 3 is 1.97 bits per heavy atom. The Hall–Kier alpha value is -4.59. The average molecular weight is 444 g/mol. The second-order valence-corrected chi connectivity index (χ2v) is 7.42. The predicted octanol–water partition coefficient (Wildman–Crippen LogP) is 3.47. The van der Waals surface area contributed by atoms with Crippen LogP contribution in [0.4, 0.5) is 22.7 Å². The number of hydrogen-bond donors (Lipinski definition) is 3. The van der Waals surface area contributed by atoms with Gasteiger partial charge in [-0.1, -0.05) is 30.3 Å². The van der Waals surface area contributed by atoms with E-state index in [-0.39, 0.29) is 11.3 Å². The van der Waals surface area contributed by atoms with Gasteiger partial charge in [0, 0.05) is 31.2 Å². The van der Waals surface area contributed by atoms with Gasteiger partial charge in [-0.05, 0) is 60.2 Å². The lowest BCUT2D eigenvalue weighted by Gasteiger charge is -2.11. The highest BCUT2D eigenvalue weighted by molar-refractivity contribution is 6.53.